The first-order chi connectivity index (χ1) is 10.2. The molecule has 22 heavy (non-hydrogen) atoms. The van der Waals surface area contributed by atoms with Crippen molar-refractivity contribution in [3.05, 3.63) is 23.8 Å². The Morgan fingerprint density at radius 2 is 1.36 bits per heavy atom. The maximum Gasteiger partial charge on any atom is 0.338 e. The molecule has 7 heteroatoms. The number of ketones is 1. The fraction of sp³-hybridized carbons (Fsp3) is 0.333. The van der Waals surface area contributed by atoms with Crippen molar-refractivity contribution in [2.24, 2.45) is 0 Å². The fourth-order valence-electron chi connectivity index (χ4n) is 1.61. The number of carbonyl (C=O) groups excluding carboxylic acids is 4. The van der Waals surface area contributed by atoms with E-state index in [1.165, 1.54) is 45.9 Å². The van der Waals surface area contributed by atoms with Crippen LogP contribution in [0.25, 0.3) is 0 Å². The molecule has 0 radical (unpaired) electrons. The second kappa shape index (κ2) is 7.35. The molecule has 1 aromatic carbocycles. The second-order valence-corrected chi connectivity index (χ2v) is 4.82. The van der Waals surface area contributed by atoms with Gasteiger partial charge in [0.2, 0.25) is 11.8 Å². The first-order valence-electron chi connectivity index (χ1n) is 6.60. The summed E-state index contributed by atoms with van der Waals surface area (Å²) in [5.41, 5.74) is 0.783. The molecule has 1 atom stereocenters. The van der Waals surface area contributed by atoms with Crippen LogP contribution in [0.15, 0.2) is 18.2 Å². The van der Waals surface area contributed by atoms with Crippen LogP contribution in [0, 0.1) is 0 Å². The highest BCUT2D eigenvalue weighted by Crippen LogP contribution is 2.20. The zero-order valence-corrected chi connectivity index (χ0v) is 12.9. The Balaban J connectivity index is 3.10. The minimum absolute atomic E-state index is 0.114. The number of carbonyl (C=O) groups is 4. The molecule has 0 aliphatic carbocycles. The van der Waals surface area contributed by atoms with Gasteiger partial charge in [0, 0.05) is 25.2 Å². The quantitative estimate of drug-likeness (QED) is 0.807. The highest BCUT2D eigenvalue weighted by molar-refractivity contribution is 5.98. The van der Waals surface area contributed by atoms with E-state index in [2.05, 4.69) is 10.6 Å². The standard InChI is InChI=1S/C15H18N2O5/c1-8(18)9(2)22-15(21)12-5-13(16-10(3)19)7-14(6-12)17-11(4)20/h5-7,9H,1-4H3,(H,16,19)(H,17,20)/t9-/m1/s1. The number of rotatable bonds is 5. The van der Waals surface area contributed by atoms with Crippen LogP contribution in [-0.2, 0) is 19.1 Å². The van der Waals surface area contributed by atoms with Gasteiger partial charge in [-0.3, -0.25) is 14.4 Å². The number of amides is 2. The first-order valence-corrected chi connectivity index (χ1v) is 6.60. The summed E-state index contributed by atoms with van der Waals surface area (Å²) < 4.78 is 5.00. The Hall–Kier alpha value is -2.70. The van der Waals surface area contributed by atoms with Crippen molar-refractivity contribution in [1.29, 1.82) is 0 Å². The number of hydrogen-bond acceptors (Lipinski definition) is 5. The summed E-state index contributed by atoms with van der Waals surface area (Å²) in [5.74, 6) is -1.65. The lowest BCUT2D eigenvalue weighted by atomic mass is 10.1. The van der Waals surface area contributed by atoms with Crippen molar-refractivity contribution in [2.75, 3.05) is 10.6 Å². The fourth-order valence-corrected chi connectivity index (χ4v) is 1.61. The van der Waals surface area contributed by atoms with E-state index < -0.39 is 12.1 Å². The van der Waals surface area contributed by atoms with Gasteiger partial charge in [0.25, 0.3) is 0 Å². The largest absolute Gasteiger partial charge is 0.451 e. The zero-order valence-electron chi connectivity index (χ0n) is 12.9. The third kappa shape index (κ3) is 5.35. The van der Waals surface area contributed by atoms with Crippen molar-refractivity contribution in [2.45, 2.75) is 33.8 Å². The summed E-state index contributed by atoms with van der Waals surface area (Å²) in [6.45, 7) is 5.42. The molecule has 0 aliphatic rings. The number of hydrogen-bond donors (Lipinski definition) is 2. The minimum Gasteiger partial charge on any atom is -0.451 e. The molecule has 2 amide bonds. The summed E-state index contributed by atoms with van der Waals surface area (Å²) in [6.07, 6.45) is -0.874. The van der Waals surface area contributed by atoms with Gasteiger partial charge < -0.3 is 15.4 Å². The first kappa shape index (κ1) is 17.4. The van der Waals surface area contributed by atoms with Gasteiger partial charge in [-0.25, -0.2) is 4.79 Å². The average Bonchev–Trinajstić information content (AvgIpc) is 2.36. The van der Waals surface area contributed by atoms with Crippen LogP contribution in [0.3, 0.4) is 0 Å². The van der Waals surface area contributed by atoms with Crippen molar-refractivity contribution >= 4 is 34.9 Å². The van der Waals surface area contributed by atoms with Crippen LogP contribution >= 0.6 is 0 Å². The minimum atomic E-state index is -0.874. The molecule has 0 saturated carbocycles. The van der Waals surface area contributed by atoms with Crippen molar-refractivity contribution < 1.29 is 23.9 Å². The lowest BCUT2D eigenvalue weighted by Gasteiger charge is -2.13. The highest BCUT2D eigenvalue weighted by atomic mass is 16.5. The van der Waals surface area contributed by atoms with Gasteiger partial charge in [-0.1, -0.05) is 0 Å². The molecule has 0 bridgehead atoms. The number of nitrogens with one attached hydrogen (secondary N) is 2. The summed E-state index contributed by atoms with van der Waals surface area (Å²) in [5, 5.41) is 5.05. The molecule has 0 saturated heterocycles. The Morgan fingerprint density at radius 3 is 1.73 bits per heavy atom. The van der Waals surface area contributed by atoms with E-state index in [4.69, 9.17) is 4.74 Å². The average molecular weight is 306 g/mol. The van der Waals surface area contributed by atoms with Crippen LogP contribution in [0.4, 0.5) is 11.4 Å². The molecule has 0 unspecified atom stereocenters. The molecule has 0 aliphatic heterocycles. The predicted octanol–water partition coefficient (Wildman–Crippen LogP) is 1.74. The van der Waals surface area contributed by atoms with Gasteiger partial charge >= 0.3 is 5.97 Å². The van der Waals surface area contributed by atoms with Gasteiger partial charge in [-0.15, -0.1) is 0 Å². The summed E-state index contributed by atoms with van der Waals surface area (Å²) >= 11 is 0. The van der Waals surface area contributed by atoms with E-state index in [0.717, 1.165) is 0 Å². The SMILES string of the molecule is CC(=O)Nc1cc(NC(C)=O)cc(C(=O)O[C@H](C)C(C)=O)c1. The normalized spacial score (nSPS) is 11.3. The predicted molar refractivity (Wildman–Crippen MR) is 80.6 cm³/mol. The number of anilines is 2. The van der Waals surface area contributed by atoms with E-state index in [1.807, 2.05) is 0 Å². The van der Waals surface area contributed by atoms with Gasteiger partial charge in [0.1, 0.15) is 0 Å². The van der Waals surface area contributed by atoms with Gasteiger partial charge in [-0.05, 0) is 32.0 Å². The monoisotopic (exact) mass is 306 g/mol. The number of esters is 1. The van der Waals surface area contributed by atoms with Crippen molar-refractivity contribution in [3.8, 4) is 0 Å². The maximum absolute atomic E-state index is 12.0. The Labute approximate surface area is 128 Å². The van der Waals surface area contributed by atoms with E-state index in [0.29, 0.717) is 11.4 Å². The third-order valence-corrected chi connectivity index (χ3v) is 2.67. The Bertz CT molecular complexity index is 590. The summed E-state index contributed by atoms with van der Waals surface area (Å²) in [6, 6.07) is 4.32. The van der Waals surface area contributed by atoms with E-state index in [1.54, 1.807) is 0 Å². The molecule has 0 aromatic heterocycles. The van der Waals surface area contributed by atoms with E-state index in [-0.39, 0.29) is 23.2 Å². The van der Waals surface area contributed by atoms with Gasteiger partial charge in [-0.2, -0.15) is 0 Å². The van der Waals surface area contributed by atoms with Gasteiger partial charge in [0.15, 0.2) is 11.9 Å². The molecular formula is C15H18N2O5. The molecule has 2 N–H and O–H groups in total. The van der Waals surface area contributed by atoms with Crippen LogP contribution in [0.2, 0.25) is 0 Å². The highest BCUT2D eigenvalue weighted by Gasteiger charge is 2.17. The Morgan fingerprint density at radius 1 is 0.909 bits per heavy atom. The van der Waals surface area contributed by atoms with Crippen LogP contribution in [-0.4, -0.2) is 29.7 Å². The molecule has 1 rings (SSSR count). The molecule has 0 spiro atoms. The van der Waals surface area contributed by atoms with Crippen molar-refractivity contribution in [1.82, 2.24) is 0 Å². The number of Topliss-reactive ketones (excluding diaryl/α,β-unsaturated/α-hetero) is 1. The summed E-state index contributed by atoms with van der Waals surface area (Å²) in [7, 11) is 0. The van der Waals surface area contributed by atoms with Crippen LogP contribution < -0.4 is 10.6 Å². The van der Waals surface area contributed by atoms with Gasteiger partial charge in [0.05, 0.1) is 5.56 Å². The summed E-state index contributed by atoms with van der Waals surface area (Å²) in [4.78, 5) is 45.5. The molecule has 0 heterocycles. The van der Waals surface area contributed by atoms with E-state index >= 15 is 0 Å². The lowest BCUT2D eigenvalue weighted by molar-refractivity contribution is -0.124. The molecular weight excluding hydrogens is 288 g/mol. The molecule has 1 aromatic rings. The zero-order chi connectivity index (χ0) is 16.9. The number of benzene rings is 1. The second-order valence-electron chi connectivity index (χ2n) is 4.82. The molecule has 118 valence electrons. The molecule has 7 nitrogen and oxygen atoms in total. The smallest absolute Gasteiger partial charge is 0.338 e. The Kier molecular flexibility index (Phi) is 5.80. The maximum atomic E-state index is 12.0. The van der Waals surface area contributed by atoms with E-state index in [9.17, 15) is 19.2 Å². The number of ether oxygens (including phenoxy) is 1. The topological polar surface area (TPSA) is 102 Å². The van der Waals surface area contributed by atoms with Crippen LogP contribution in [0.5, 0.6) is 0 Å². The third-order valence-electron chi connectivity index (χ3n) is 2.67. The lowest BCUT2D eigenvalue weighted by Crippen LogP contribution is -2.22. The molecule has 0 fully saturated rings. The van der Waals surface area contributed by atoms with Crippen LogP contribution in [0.1, 0.15) is 38.1 Å². The van der Waals surface area contributed by atoms with Crippen molar-refractivity contribution in [3.63, 3.8) is 0 Å².